The van der Waals surface area contributed by atoms with Crippen LogP contribution < -0.4 is 5.32 Å². The molecule has 4 nitrogen and oxygen atoms in total. The van der Waals surface area contributed by atoms with E-state index in [4.69, 9.17) is 0 Å². The van der Waals surface area contributed by atoms with Gasteiger partial charge in [-0.15, -0.1) is 0 Å². The lowest BCUT2D eigenvalue weighted by atomic mass is 9.74. The van der Waals surface area contributed by atoms with Gasteiger partial charge in [0.1, 0.15) is 0 Å². The van der Waals surface area contributed by atoms with Gasteiger partial charge in [0, 0.05) is 6.54 Å². The highest BCUT2D eigenvalue weighted by molar-refractivity contribution is 5.91. The van der Waals surface area contributed by atoms with Crippen LogP contribution in [0.5, 0.6) is 0 Å². The molecule has 1 amide bonds. The molecule has 3 rings (SSSR count). The molecule has 2 fully saturated rings. The fourth-order valence-electron chi connectivity index (χ4n) is 3.88. The molecule has 0 atom stereocenters. The molecule has 0 unspecified atom stereocenters. The molecule has 142 valence electrons. The number of carbonyl (C=O) groups excluding carboxylic acids is 1. The lowest BCUT2D eigenvalue weighted by molar-refractivity contribution is -0.151. The van der Waals surface area contributed by atoms with Gasteiger partial charge in [-0.3, -0.25) is 9.59 Å². The number of hydrogen-bond donors (Lipinski definition) is 2. The van der Waals surface area contributed by atoms with Crippen molar-refractivity contribution in [3.8, 4) is 0 Å². The Morgan fingerprint density at radius 2 is 1.73 bits per heavy atom. The standard InChI is InChI=1S/C19H22F3NO3/c20-19(21,22)14-6-4-5-13(11-14)18(9-10-18)15(24)23-12-17(16(25)26)7-2-1-3-8-17/h4-6,11H,1-3,7-10,12H2,(H,23,24)(H,25,26). The van der Waals surface area contributed by atoms with Gasteiger partial charge in [0.25, 0.3) is 0 Å². The van der Waals surface area contributed by atoms with Crippen molar-refractivity contribution in [3.05, 3.63) is 35.4 Å². The fourth-order valence-corrected chi connectivity index (χ4v) is 3.88. The van der Waals surface area contributed by atoms with E-state index < -0.39 is 28.5 Å². The number of carboxylic acids is 1. The van der Waals surface area contributed by atoms with Crippen LogP contribution in [-0.4, -0.2) is 23.5 Å². The van der Waals surface area contributed by atoms with Crippen molar-refractivity contribution < 1.29 is 27.9 Å². The van der Waals surface area contributed by atoms with Gasteiger partial charge >= 0.3 is 12.1 Å². The maximum Gasteiger partial charge on any atom is 0.416 e. The molecule has 2 aliphatic rings. The molecule has 0 heterocycles. The molecule has 26 heavy (non-hydrogen) atoms. The van der Waals surface area contributed by atoms with Gasteiger partial charge < -0.3 is 10.4 Å². The highest BCUT2D eigenvalue weighted by Crippen LogP contribution is 2.49. The van der Waals surface area contributed by atoms with Crippen molar-refractivity contribution in [3.63, 3.8) is 0 Å². The Bertz CT molecular complexity index is 704. The fraction of sp³-hybridized carbons (Fsp3) is 0.579. The van der Waals surface area contributed by atoms with E-state index in [0.29, 0.717) is 31.2 Å². The van der Waals surface area contributed by atoms with Gasteiger partial charge in [-0.2, -0.15) is 13.2 Å². The van der Waals surface area contributed by atoms with Crippen LogP contribution in [0.3, 0.4) is 0 Å². The number of halogens is 3. The van der Waals surface area contributed by atoms with Crippen LogP contribution >= 0.6 is 0 Å². The topological polar surface area (TPSA) is 66.4 Å². The van der Waals surface area contributed by atoms with Crippen LogP contribution in [0.4, 0.5) is 13.2 Å². The number of aliphatic carboxylic acids is 1. The monoisotopic (exact) mass is 369 g/mol. The normalized spacial score (nSPS) is 21.0. The predicted molar refractivity (Wildman–Crippen MR) is 88.5 cm³/mol. The van der Waals surface area contributed by atoms with E-state index in [1.807, 2.05) is 0 Å². The Morgan fingerprint density at radius 1 is 1.08 bits per heavy atom. The molecular formula is C19H22F3NO3. The second kappa shape index (κ2) is 6.59. The number of amides is 1. The average Bonchev–Trinajstić information content (AvgIpc) is 3.42. The van der Waals surface area contributed by atoms with Gasteiger partial charge in [-0.25, -0.2) is 0 Å². The second-order valence-electron chi connectivity index (χ2n) is 7.49. The van der Waals surface area contributed by atoms with E-state index >= 15 is 0 Å². The predicted octanol–water partition coefficient (Wildman–Crippen LogP) is 3.89. The third kappa shape index (κ3) is 3.44. The highest BCUT2D eigenvalue weighted by atomic mass is 19.4. The lowest BCUT2D eigenvalue weighted by Crippen LogP contribution is -2.47. The minimum atomic E-state index is -4.46. The number of nitrogens with one attached hydrogen (secondary N) is 1. The largest absolute Gasteiger partial charge is 0.481 e. The number of alkyl halides is 3. The van der Waals surface area contributed by atoms with Gasteiger partial charge in [-0.1, -0.05) is 37.5 Å². The van der Waals surface area contributed by atoms with Crippen molar-refractivity contribution in [2.24, 2.45) is 5.41 Å². The summed E-state index contributed by atoms with van der Waals surface area (Å²) in [5.74, 6) is -1.29. The zero-order valence-corrected chi connectivity index (χ0v) is 14.4. The quantitative estimate of drug-likeness (QED) is 0.828. The Morgan fingerprint density at radius 3 is 2.27 bits per heavy atom. The molecule has 2 N–H and O–H groups in total. The van der Waals surface area contributed by atoms with Crippen LogP contribution in [-0.2, 0) is 21.2 Å². The first-order valence-corrected chi connectivity index (χ1v) is 8.89. The van der Waals surface area contributed by atoms with Crippen LogP contribution in [0.1, 0.15) is 56.1 Å². The SMILES string of the molecule is O=C(O)C1(CNC(=O)C2(c3cccc(C(F)(F)F)c3)CC2)CCCCC1. The average molecular weight is 369 g/mol. The van der Waals surface area contributed by atoms with Gasteiger partial charge in [0.2, 0.25) is 5.91 Å². The molecule has 0 aromatic heterocycles. The van der Waals surface area contributed by atoms with Gasteiger partial charge in [0.05, 0.1) is 16.4 Å². The summed E-state index contributed by atoms with van der Waals surface area (Å²) in [5, 5.41) is 12.3. The molecule has 0 saturated heterocycles. The lowest BCUT2D eigenvalue weighted by Gasteiger charge is -2.33. The molecule has 2 saturated carbocycles. The van der Waals surface area contributed by atoms with E-state index in [1.165, 1.54) is 12.1 Å². The van der Waals surface area contributed by atoms with Crippen molar-refractivity contribution in [1.29, 1.82) is 0 Å². The summed E-state index contributed by atoms with van der Waals surface area (Å²) in [6.45, 7) is 0.0296. The first-order valence-electron chi connectivity index (χ1n) is 8.89. The van der Waals surface area contributed by atoms with Crippen LogP contribution in [0, 0.1) is 5.41 Å². The summed E-state index contributed by atoms with van der Waals surface area (Å²) in [7, 11) is 0. The maximum atomic E-state index is 12.9. The van der Waals surface area contributed by atoms with Crippen LogP contribution in [0.15, 0.2) is 24.3 Å². The zero-order valence-electron chi connectivity index (χ0n) is 14.4. The number of benzene rings is 1. The molecule has 7 heteroatoms. The molecule has 0 radical (unpaired) electrons. The van der Waals surface area contributed by atoms with Crippen molar-refractivity contribution >= 4 is 11.9 Å². The minimum Gasteiger partial charge on any atom is -0.481 e. The van der Waals surface area contributed by atoms with E-state index in [-0.39, 0.29) is 12.5 Å². The smallest absolute Gasteiger partial charge is 0.416 e. The number of hydrogen-bond acceptors (Lipinski definition) is 2. The molecular weight excluding hydrogens is 347 g/mol. The first kappa shape index (κ1) is 18.7. The molecule has 0 aliphatic heterocycles. The van der Waals surface area contributed by atoms with E-state index in [1.54, 1.807) is 0 Å². The third-order valence-corrected chi connectivity index (χ3v) is 5.78. The zero-order chi connectivity index (χ0) is 19.0. The third-order valence-electron chi connectivity index (χ3n) is 5.78. The van der Waals surface area contributed by atoms with E-state index in [0.717, 1.165) is 31.4 Å². The maximum absolute atomic E-state index is 12.9. The first-order chi connectivity index (χ1) is 12.2. The number of carbonyl (C=O) groups is 2. The molecule has 1 aromatic rings. The summed E-state index contributed by atoms with van der Waals surface area (Å²) in [4.78, 5) is 24.4. The second-order valence-corrected chi connectivity index (χ2v) is 7.49. The molecule has 1 aromatic carbocycles. The van der Waals surface area contributed by atoms with Gasteiger partial charge in [-0.05, 0) is 37.3 Å². The van der Waals surface area contributed by atoms with Crippen LogP contribution in [0.2, 0.25) is 0 Å². The highest BCUT2D eigenvalue weighted by Gasteiger charge is 2.52. The summed E-state index contributed by atoms with van der Waals surface area (Å²) in [6.07, 6.45) is 0.107. The molecule has 0 bridgehead atoms. The Balaban J connectivity index is 1.74. The molecule has 2 aliphatic carbocycles. The Hall–Kier alpha value is -2.05. The van der Waals surface area contributed by atoms with Crippen molar-refractivity contribution in [2.75, 3.05) is 6.54 Å². The van der Waals surface area contributed by atoms with E-state index in [2.05, 4.69) is 5.32 Å². The summed E-state index contributed by atoms with van der Waals surface area (Å²) in [5.41, 5.74) is -2.35. The number of rotatable bonds is 5. The molecule has 0 spiro atoms. The van der Waals surface area contributed by atoms with Crippen molar-refractivity contribution in [2.45, 2.75) is 56.5 Å². The van der Waals surface area contributed by atoms with Gasteiger partial charge in [0.15, 0.2) is 0 Å². The summed E-state index contributed by atoms with van der Waals surface area (Å²) in [6, 6.07) is 4.86. The van der Waals surface area contributed by atoms with Crippen LogP contribution in [0.25, 0.3) is 0 Å². The summed E-state index contributed by atoms with van der Waals surface area (Å²) < 4.78 is 38.8. The number of carboxylic acid groups (broad SMARTS) is 1. The Kier molecular flexibility index (Phi) is 4.75. The summed E-state index contributed by atoms with van der Waals surface area (Å²) >= 11 is 0. The Labute approximate surface area is 149 Å². The minimum absolute atomic E-state index is 0.0296. The van der Waals surface area contributed by atoms with Crippen molar-refractivity contribution in [1.82, 2.24) is 5.32 Å². The van der Waals surface area contributed by atoms with E-state index in [9.17, 15) is 27.9 Å².